The van der Waals surface area contributed by atoms with Gasteiger partial charge in [0.05, 0.1) is 38.1 Å². The Morgan fingerprint density at radius 2 is 1.94 bits per heavy atom. The van der Waals surface area contributed by atoms with Crippen molar-refractivity contribution in [3.05, 3.63) is 75.7 Å². The molecule has 1 aliphatic heterocycles. The maximum atomic E-state index is 13.3. The molecule has 1 fully saturated rings. The highest BCUT2D eigenvalue weighted by Gasteiger charge is 2.12. The van der Waals surface area contributed by atoms with Crippen LogP contribution in [0.5, 0.6) is 0 Å². The number of benzene rings is 2. The van der Waals surface area contributed by atoms with Crippen molar-refractivity contribution in [3.63, 3.8) is 0 Å². The number of carbonyl (C=O) groups is 1. The molecule has 0 N–H and O–H groups in total. The van der Waals surface area contributed by atoms with Gasteiger partial charge < -0.3 is 9.47 Å². The summed E-state index contributed by atoms with van der Waals surface area (Å²) in [5.74, 6) is 5.93. The van der Waals surface area contributed by atoms with Gasteiger partial charge in [0.15, 0.2) is 0 Å². The fourth-order valence-corrected chi connectivity index (χ4v) is 3.63. The van der Waals surface area contributed by atoms with Crippen LogP contribution in [0.2, 0.25) is 0 Å². The van der Waals surface area contributed by atoms with E-state index in [0.717, 1.165) is 42.8 Å². The molecule has 0 amide bonds. The Bertz CT molecular complexity index is 1240. The number of hydrogen-bond donors (Lipinski definition) is 0. The molecule has 2 aromatic carbocycles. The van der Waals surface area contributed by atoms with Gasteiger partial charge in [-0.2, -0.15) is 0 Å². The molecule has 0 bridgehead atoms. The number of carbonyl (C=O) groups excluding carboxylic acids is 1. The summed E-state index contributed by atoms with van der Waals surface area (Å²) in [4.78, 5) is 27.5. The van der Waals surface area contributed by atoms with E-state index in [9.17, 15) is 9.59 Å². The highest BCUT2D eigenvalue weighted by atomic mass is 16.5. The minimum Gasteiger partial charge on any atom is -0.465 e. The third kappa shape index (κ3) is 4.53. The van der Waals surface area contributed by atoms with Gasteiger partial charge in [0.1, 0.15) is 0 Å². The molecule has 6 nitrogen and oxygen atoms in total. The van der Waals surface area contributed by atoms with Crippen LogP contribution in [0.4, 0.5) is 0 Å². The molecule has 6 heteroatoms. The van der Waals surface area contributed by atoms with Gasteiger partial charge in [-0.05, 0) is 48.2 Å². The first-order chi connectivity index (χ1) is 15.1. The number of hydrogen-bond acceptors (Lipinski definition) is 5. The lowest BCUT2D eigenvalue weighted by Gasteiger charge is -2.24. The molecule has 1 aromatic heterocycles. The van der Waals surface area contributed by atoms with Crippen LogP contribution >= 0.6 is 0 Å². The summed E-state index contributed by atoms with van der Waals surface area (Å²) in [5.41, 5.74) is 2.59. The Morgan fingerprint density at radius 3 is 2.71 bits per heavy atom. The van der Waals surface area contributed by atoms with Gasteiger partial charge in [-0.25, -0.2) is 4.79 Å². The Kier molecular flexibility index (Phi) is 6.17. The molecular weight excluding hydrogens is 392 g/mol. The van der Waals surface area contributed by atoms with E-state index < -0.39 is 5.97 Å². The quantitative estimate of drug-likeness (QED) is 0.485. The molecule has 2 heterocycles. The monoisotopic (exact) mass is 416 g/mol. The topological polar surface area (TPSA) is 60.8 Å². The van der Waals surface area contributed by atoms with Crippen molar-refractivity contribution in [2.24, 2.45) is 0 Å². The highest BCUT2D eigenvalue weighted by molar-refractivity contribution is 5.90. The van der Waals surface area contributed by atoms with E-state index in [1.54, 1.807) is 22.9 Å². The fraction of sp³-hybridized carbons (Fsp3) is 0.280. The van der Waals surface area contributed by atoms with Crippen LogP contribution in [0.3, 0.4) is 0 Å². The normalized spacial score (nSPS) is 14.1. The van der Waals surface area contributed by atoms with Crippen LogP contribution in [0.1, 0.15) is 21.5 Å². The smallest absolute Gasteiger partial charge is 0.337 e. The molecule has 1 aliphatic rings. The average molecular weight is 416 g/mol. The summed E-state index contributed by atoms with van der Waals surface area (Å²) in [7, 11) is 1.34. The number of nitrogens with zero attached hydrogens (tertiary/aromatic N) is 2. The molecule has 0 aliphatic carbocycles. The van der Waals surface area contributed by atoms with Crippen LogP contribution in [-0.4, -0.2) is 55.4 Å². The Balaban J connectivity index is 1.69. The summed E-state index contributed by atoms with van der Waals surface area (Å²) in [5, 5.41) is 1.44. The SMILES string of the molecule is COC(=O)c1ccc(C)c(-n2ccc3ccc(C#CCN4CCOCC4)cc3c2=O)c1. The summed E-state index contributed by atoms with van der Waals surface area (Å²) >= 11 is 0. The van der Waals surface area contributed by atoms with Gasteiger partial charge in [0.2, 0.25) is 0 Å². The number of pyridine rings is 1. The number of rotatable bonds is 3. The molecule has 0 saturated carbocycles. The van der Waals surface area contributed by atoms with Crippen molar-refractivity contribution in [1.29, 1.82) is 0 Å². The molecule has 158 valence electrons. The number of aromatic nitrogens is 1. The third-order valence-corrected chi connectivity index (χ3v) is 5.43. The van der Waals surface area contributed by atoms with E-state index in [1.165, 1.54) is 7.11 Å². The van der Waals surface area contributed by atoms with E-state index in [4.69, 9.17) is 9.47 Å². The first kappa shape index (κ1) is 20.9. The molecular formula is C25H24N2O4. The molecule has 3 aromatic rings. The molecule has 1 saturated heterocycles. The number of morpholine rings is 1. The molecule has 0 atom stereocenters. The second-order valence-electron chi connectivity index (χ2n) is 7.48. The van der Waals surface area contributed by atoms with Crippen LogP contribution in [-0.2, 0) is 9.47 Å². The summed E-state index contributed by atoms with van der Waals surface area (Å²) < 4.78 is 11.7. The molecule has 0 spiro atoms. The first-order valence-corrected chi connectivity index (χ1v) is 10.2. The largest absolute Gasteiger partial charge is 0.465 e. The van der Waals surface area contributed by atoms with E-state index in [1.807, 2.05) is 37.3 Å². The van der Waals surface area contributed by atoms with Gasteiger partial charge in [-0.3, -0.25) is 14.3 Å². The zero-order valence-corrected chi connectivity index (χ0v) is 17.7. The zero-order valence-electron chi connectivity index (χ0n) is 17.7. The maximum Gasteiger partial charge on any atom is 0.337 e. The average Bonchev–Trinajstić information content (AvgIpc) is 2.80. The molecule has 31 heavy (non-hydrogen) atoms. The maximum absolute atomic E-state index is 13.3. The molecule has 0 radical (unpaired) electrons. The van der Waals surface area contributed by atoms with Crippen LogP contribution in [0.25, 0.3) is 16.5 Å². The third-order valence-electron chi connectivity index (χ3n) is 5.43. The predicted molar refractivity (Wildman–Crippen MR) is 120 cm³/mol. The number of ether oxygens (including phenoxy) is 2. The summed E-state index contributed by atoms with van der Waals surface area (Å²) in [6.07, 6.45) is 1.73. The van der Waals surface area contributed by atoms with Crippen molar-refractivity contribution in [2.45, 2.75) is 6.92 Å². The van der Waals surface area contributed by atoms with Crippen LogP contribution in [0, 0.1) is 18.8 Å². The first-order valence-electron chi connectivity index (χ1n) is 10.2. The standard InChI is InChI=1S/C25H24N2O4/c1-18-5-7-21(25(29)30-2)17-23(18)27-11-9-20-8-6-19(16-22(20)24(27)28)4-3-10-26-12-14-31-15-13-26/h5-9,11,16-17H,10,12-15H2,1-2H3. The number of methoxy groups -OCH3 is 1. The van der Waals surface area contributed by atoms with Crippen molar-refractivity contribution < 1.29 is 14.3 Å². The van der Waals surface area contributed by atoms with Crippen molar-refractivity contribution in [2.75, 3.05) is 40.0 Å². The van der Waals surface area contributed by atoms with Gasteiger partial charge >= 0.3 is 5.97 Å². The second kappa shape index (κ2) is 9.17. The number of esters is 1. The Labute approximate surface area is 181 Å². The fourth-order valence-electron chi connectivity index (χ4n) is 3.63. The van der Waals surface area contributed by atoms with Crippen LogP contribution < -0.4 is 5.56 Å². The van der Waals surface area contributed by atoms with Crippen LogP contribution in [0.15, 0.2) is 53.5 Å². The van der Waals surface area contributed by atoms with E-state index >= 15 is 0 Å². The second-order valence-corrected chi connectivity index (χ2v) is 7.48. The minimum absolute atomic E-state index is 0.153. The lowest BCUT2D eigenvalue weighted by Crippen LogP contribution is -2.36. The van der Waals surface area contributed by atoms with E-state index in [-0.39, 0.29) is 5.56 Å². The van der Waals surface area contributed by atoms with E-state index in [2.05, 4.69) is 16.7 Å². The minimum atomic E-state index is -0.437. The van der Waals surface area contributed by atoms with Gasteiger partial charge in [0, 0.05) is 30.2 Å². The summed E-state index contributed by atoms with van der Waals surface area (Å²) in [6, 6.07) is 12.8. The van der Waals surface area contributed by atoms with E-state index in [0.29, 0.717) is 23.2 Å². The lowest BCUT2D eigenvalue weighted by atomic mass is 10.1. The number of aryl methyl sites for hydroxylation is 1. The predicted octanol–water partition coefficient (Wildman–Crippen LogP) is 2.77. The molecule has 4 rings (SSSR count). The summed E-state index contributed by atoms with van der Waals surface area (Å²) in [6.45, 7) is 5.85. The van der Waals surface area contributed by atoms with Gasteiger partial charge in [0.25, 0.3) is 5.56 Å². The van der Waals surface area contributed by atoms with Crippen molar-refractivity contribution >= 4 is 16.7 Å². The number of fused-ring (bicyclic) bond motifs is 1. The highest BCUT2D eigenvalue weighted by Crippen LogP contribution is 2.18. The van der Waals surface area contributed by atoms with Gasteiger partial charge in [-0.1, -0.05) is 24.0 Å². The Hall–Kier alpha value is -3.40. The Morgan fingerprint density at radius 1 is 1.13 bits per heavy atom. The van der Waals surface area contributed by atoms with Crippen molar-refractivity contribution in [3.8, 4) is 17.5 Å². The lowest BCUT2D eigenvalue weighted by molar-refractivity contribution is 0.0443. The molecule has 0 unspecified atom stereocenters. The van der Waals surface area contributed by atoms with Crippen molar-refractivity contribution in [1.82, 2.24) is 9.47 Å². The van der Waals surface area contributed by atoms with Gasteiger partial charge in [-0.15, -0.1) is 0 Å². The zero-order chi connectivity index (χ0) is 21.8.